The molecule has 0 saturated carbocycles. The zero-order chi connectivity index (χ0) is 39.2. The van der Waals surface area contributed by atoms with Crippen LogP contribution in [0.1, 0.15) is 109 Å². The normalized spacial score (nSPS) is 12.8. The highest BCUT2D eigenvalue weighted by atomic mass is 14.5. The van der Waals surface area contributed by atoms with Crippen LogP contribution in [0.4, 0.5) is 0 Å². The minimum Gasteiger partial charge on any atom is -0.0985 e. The molecule has 1 aliphatic rings. The molecule has 0 spiro atoms. The van der Waals surface area contributed by atoms with Crippen LogP contribution >= 0.6 is 0 Å². The summed E-state index contributed by atoms with van der Waals surface area (Å²) in [6, 6.07) is 50.7. The Bertz CT molecular complexity index is 2450. The molecule has 0 radical (unpaired) electrons. The second-order valence-electron chi connectivity index (χ2n) is 16.8. The maximum atomic E-state index is 3.92. The Labute approximate surface area is 342 Å². The molecule has 0 fully saturated rings. The van der Waals surface area contributed by atoms with Gasteiger partial charge >= 0.3 is 0 Å². The molecule has 286 valence electrons. The zero-order valence-electron chi connectivity index (χ0n) is 34.3. The van der Waals surface area contributed by atoms with Crippen LogP contribution in [0.3, 0.4) is 0 Å². The van der Waals surface area contributed by atoms with Crippen LogP contribution in [0.25, 0.3) is 56.0 Å². The van der Waals surface area contributed by atoms with Crippen LogP contribution in [0.5, 0.6) is 0 Å². The van der Waals surface area contributed by atoms with E-state index in [1.54, 1.807) is 11.1 Å². The van der Waals surface area contributed by atoms with E-state index in [0.717, 1.165) is 12.8 Å². The Morgan fingerprint density at radius 2 is 0.982 bits per heavy atom. The van der Waals surface area contributed by atoms with E-state index in [1.807, 2.05) is 12.2 Å². The predicted octanol–water partition coefficient (Wildman–Crippen LogP) is 16.2. The fourth-order valence-corrected chi connectivity index (χ4v) is 9.85. The third-order valence-corrected chi connectivity index (χ3v) is 13.0. The number of hydrogen-bond donors (Lipinski definition) is 0. The lowest BCUT2D eigenvalue weighted by Gasteiger charge is -2.33. The van der Waals surface area contributed by atoms with E-state index >= 15 is 0 Å². The van der Waals surface area contributed by atoms with Gasteiger partial charge in [-0.25, -0.2) is 0 Å². The van der Waals surface area contributed by atoms with Crippen LogP contribution in [0, 0.1) is 13.8 Å². The fourth-order valence-electron chi connectivity index (χ4n) is 9.85. The largest absolute Gasteiger partial charge is 0.0985 e. The van der Waals surface area contributed by atoms with Gasteiger partial charge in [-0.2, -0.15) is 0 Å². The summed E-state index contributed by atoms with van der Waals surface area (Å²) in [6.45, 7) is 12.5. The molecule has 0 amide bonds. The lowest BCUT2D eigenvalue weighted by molar-refractivity contribution is 0.399. The molecule has 7 aromatic rings. The smallest absolute Gasteiger partial charge is 0.0215 e. The van der Waals surface area contributed by atoms with Crippen molar-refractivity contribution in [2.24, 2.45) is 0 Å². The van der Waals surface area contributed by atoms with Gasteiger partial charge in [-0.05, 0) is 147 Å². The van der Waals surface area contributed by atoms with Crippen molar-refractivity contribution in [2.75, 3.05) is 0 Å². The summed E-state index contributed by atoms with van der Waals surface area (Å²) in [4.78, 5) is 0. The Balaban J connectivity index is 1.09. The first-order chi connectivity index (χ1) is 28.0. The van der Waals surface area contributed by atoms with Gasteiger partial charge in [0.25, 0.3) is 0 Å². The topological polar surface area (TPSA) is 0 Å². The fraction of sp³-hybridized carbons (Fsp3) is 0.263. The minimum absolute atomic E-state index is 0.0342. The third-order valence-electron chi connectivity index (χ3n) is 13.0. The van der Waals surface area contributed by atoms with E-state index in [0.29, 0.717) is 0 Å². The molecular weight excluding hydrogens is 685 g/mol. The lowest BCUT2D eigenvalue weighted by Crippen LogP contribution is -2.26. The summed E-state index contributed by atoms with van der Waals surface area (Å²) in [7, 11) is 0. The Kier molecular flexibility index (Phi) is 11.7. The highest BCUT2D eigenvalue weighted by Gasteiger charge is 2.42. The molecule has 0 bridgehead atoms. The van der Waals surface area contributed by atoms with Crippen molar-refractivity contribution < 1.29 is 0 Å². The van der Waals surface area contributed by atoms with Gasteiger partial charge in [0, 0.05) is 5.41 Å². The highest BCUT2D eigenvalue weighted by Crippen LogP contribution is 2.56. The number of hydrogen-bond acceptors (Lipinski definition) is 0. The van der Waals surface area contributed by atoms with E-state index in [9.17, 15) is 0 Å². The van der Waals surface area contributed by atoms with Crippen LogP contribution < -0.4 is 0 Å². The van der Waals surface area contributed by atoms with Crippen molar-refractivity contribution in [3.8, 4) is 22.3 Å². The Hall–Kier alpha value is -5.46. The number of benzene rings is 7. The highest BCUT2D eigenvalue weighted by molar-refractivity contribution is 6.14. The molecule has 1 aliphatic carbocycles. The summed E-state index contributed by atoms with van der Waals surface area (Å²) in [6.07, 6.45) is 18.6. The average Bonchev–Trinajstić information content (AvgIpc) is 3.50. The number of unbranched alkanes of at least 4 members (excludes halogenated alkanes) is 6. The Morgan fingerprint density at radius 3 is 1.60 bits per heavy atom. The second kappa shape index (κ2) is 17.4. The van der Waals surface area contributed by atoms with E-state index in [2.05, 4.69) is 160 Å². The molecule has 0 N–H and O–H groups in total. The second-order valence-corrected chi connectivity index (χ2v) is 16.8. The summed E-state index contributed by atoms with van der Waals surface area (Å²) < 4.78 is 0. The van der Waals surface area contributed by atoms with Gasteiger partial charge in [0.05, 0.1) is 0 Å². The third kappa shape index (κ3) is 8.06. The molecule has 0 atom stereocenters. The molecule has 0 nitrogen and oxygen atoms in total. The number of aryl methyl sites for hydroxylation is 4. The summed E-state index contributed by atoms with van der Waals surface area (Å²) >= 11 is 0. The van der Waals surface area contributed by atoms with E-state index in [1.165, 1.54) is 141 Å². The number of rotatable bonds is 17. The first kappa shape index (κ1) is 38.4. The monoisotopic (exact) mass is 742 g/mol. The van der Waals surface area contributed by atoms with Crippen molar-refractivity contribution in [3.63, 3.8) is 0 Å². The van der Waals surface area contributed by atoms with Gasteiger partial charge < -0.3 is 0 Å². The summed E-state index contributed by atoms with van der Waals surface area (Å²) in [5, 5.41) is 5.30. The number of fused-ring (bicyclic) bond motifs is 6. The molecule has 0 saturated heterocycles. The quantitative estimate of drug-likeness (QED) is 0.0644. The average molecular weight is 743 g/mol. The van der Waals surface area contributed by atoms with Crippen LogP contribution in [-0.4, -0.2) is 0 Å². The standard InChI is InChI=1S/C57H58/c1-5-43-26-30-45(31-27-43)19-11-7-9-17-35-57(36-18-10-8-12-20-46-32-28-44(6-2)29-33-46)55-37-41(3)25-34-51(55)54-40-52(42(4)38-56(54)57)53-39-47-21-13-14-22-48(47)49-23-15-16-24-50(49)53/h5-6,13-16,21-34,37-40H,1-2,7-12,17-20,35-36H2,3-4H3. The molecule has 0 aromatic heterocycles. The molecule has 7 aromatic carbocycles. The van der Waals surface area contributed by atoms with Gasteiger partial charge in [0.15, 0.2) is 0 Å². The van der Waals surface area contributed by atoms with Gasteiger partial charge in [-0.3, -0.25) is 0 Å². The molecule has 8 rings (SSSR count). The van der Waals surface area contributed by atoms with E-state index in [-0.39, 0.29) is 5.41 Å². The van der Waals surface area contributed by atoms with E-state index < -0.39 is 0 Å². The van der Waals surface area contributed by atoms with Crippen LogP contribution in [0.15, 0.2) is 147 Å². The Morgan fingerprint density at radius 1 is 0.439 bits per heavy atom. The molecule has 0 aliphatic heterocycles. The molecule has 0 heterocycles. The summed E-state index contributed by atoms with van der Waals surface area (Å²) in [5.74, 6) is 0. The van der Waals surface area contributed by atoms with Crippen LogP contribution in [-0.2, 0) is 18.3 Å². The van der Waals surface area contributed by atoms with Crippen LogP contribution in [0.2, 0.25) is 0 Å². The van der Waals surface area contributed by atoms with Crippen molar-refractivity contribution in [2.45, 2.75) is 96.3 Å². The molecule has 0 heteroatoms. The summed E-state index contributed by atoms with van der Waals surface area (Å²) in [5.41, 5.74) is 16.8. The maximum absolute atomic E-state index is 3.92. The molecule has 57 heavy (non-hydrogen) atoms. The SMILES string of the molecule is C=Cc1ccc(CCCCCCC2(CCCCCCc3ccc(C=C)cc3)c3cc(C)ccc3-c3cc(-c4cc5ccccc5c5ccccc45)c(C)cc32)cc1. The van der Waals surface area contributed by atoms with E-state index in [4.69, 9.17) is 0 Å². The first-order valence-electron chi connectivity index (χ1n) is 21.6. The minimum atomic E-state index is 0.0342. The van der Waals surface area contributed by atoms with Crippen molar-refractivity contribution >= 4 is 33.7 Å². The van der Waals surface area contributed by atoms with Gasteiger partial charge in [0.2, 0.25) is 0 Å². The first-order valence-corrected chi connectivity index (χ1v) is 21.6. The van der Waals surface area contributed by atoms with Crippen molar-refractivity contribution in [3.05, 3.63) is 191 Å². The lowest BCUT2D eigenvalue weighted by atomic mass is 9.70. The molecular formula is C57H58. The van der Waals surface area contributed by atoms with Crippen molar-refractivity contribution in [1.29, 1.82) is 0 Å². The van der Waals surface area contributed by atoms with Gasteiger partial charge in [0.1, 0.15) is 0 Å². The molecule has 0 unspecified atom stereocenters. The zero-order valence-corrected chi connectivity index (χ0v) is 34.3. The van der Waals surface area contributed by atoms with Gasteiger partial charge in [-0.1, -0.05) is 191 Å². The maximum Gasteiger partial charge on any atom is 0.0215 e. The predicted molar refractivity (Wildman–Crippen MR) is 249 cm³/mol. The van der Waals surface area contributed by atoms with Crippen molar-refractivity contribution in [1.82, 2.24) is 0 Å². The van der Waals surface area contributed by atoms with Gasteiger partial charge in [-0.15, -0.1) is 0 Å².